The number of hydrogen-bond acceptors (Lipinski definition) is 4. The fourth-order valence-corrected chi connectivity index (χ4v) is 12.5. The maximum Gasteiger partial charge on any atom is 0 e. The van der Waals surface area contributed by atoms with Crippen LogP contribution in [0.2, 0.25) is 41.7 Å². The molecule has 0 N–H and O–H groups in total. The van der Waals surface area contributed by atoms with Gasteiger partial charge in [0, 0.05) is 31.7 Å². The second kappa shape index (κ2) is 16.3. The zero-order chi connectivity index (χ0) is 44.1. The molecule has 7 heteroatoms. The second-order valence-corrected chi connectivity index (χ2v) is 31.8. The average molecular weight is 971 g/mol. The Morgan fingerprint density at radius 1 is 0.870 bits per heavy atom. The summed E-state index contributed by atoms with van der Waals surface area (Å²) in [5.41, 5.74) is 4.36. The molecule has 0 aliphatic carbocycles. The van der Waals surface area contributed by atoms with Gasteiger partial charge in [-0.3, -0.25) is 0 Å². The van der Waals surface area contributed by atoms with Crippen molar-refractivity contribution < 1.29 is 35.5 Å². The summed E-state index contributed by atoms with van der Waals surface area (Å²) in [6.45, 7) is 1.66. The third-order valence-electron chi connectivity index (χ3n) is 10.2. The third kappa shape index (κ3) is 8.56. The first-order valence-electron chi connectivity index (χ1n) is 22.0. The summed E-state index contributed by atoms with van der Waals surface area (Å²) in [5.74, 6) is 3.69. The molecule has 4 nitrogen and oxygen atoms in total. The van der Waals surface area contributed by atoms with Crippen LogP contribution in [0.5, 0.6) is 0 Å². The standard InChI is InChI=1S/C33H31GeN2O.C14H16NSi.Ir/c1-21-16-25(24-12-14-34(3,4)15-13-24)9-11-26(21)30-18-31(36-20-22(30)2)29-7-5-6-28-27-10-8-23(19-35)17-32(27)37-33(28)29;1-16(2,3)13-9-10-14(15-11-13)12-7-5-4-6-8-12;/h5-6,8-11,16-18,20,24H,12-15H2,1-4H3;4-7,9-11H,1-3H3;/q2*-1;/i1D3,2D3,11D,24D;;. The molecule has 0 saturated carbocycles. The van der Waals surface area contributed by atoms with E-state index in [9.17, 15) is 6.63 Å². The number of aryl methyl sites for hydroxylation is 2. The number of furan rings is 1. The van der Waals surface area contributed by atoms with Gasteiger partial charge in [-0.25, -0.2) is 0 Å². The smallest absolute Gasteiger partial charge is 0 e. The molecular formula is C47H47GeIrN3OSi-2. The SMILES string of the molecule is C[Si](C)(C)c1ccc(-c2[c-]cccc2)nc1.[2H]c1cc(C2([2H])C[CH2][Ge]([CH3])([CH3])[CH2]C2)cc(C([2H])([2H])[2H])c1-c1cc(-c2[c-]ccc3c2oc2cc(C#N)ccc23)ncc1C([2H])([2H])[2H].[Ir]. The summed E-state index contributed by atoms with van der Waals surface area (Å²) in [5, 5.41) is 14.2. The van der Waals surface area contributed by atoms with Crippen LogP contribution >= 0.6 is 0 Å². The molecule has 1 aliphatic rings. The molecule has 0 unspecified atom stereocenters. The Kier molecular flexibility index (Phi) is 9.11. The monoisotopic (exact) mass is 972 g/mol. The minimum Gasteiger partial charge on any atom is 0 e. The van der Waals surface area contributed by atoms with E-state index in [0.717, 1.165) is 32.5 Å². The molecule has 7 aromatic rings. The van der Waals surface area contributed by atoms with Gasteiger partial charge < -0.3 is 9.40 Å². The Labute approximate surface area is 349 Å². The van der Waals surface area contributed by atoms with Crippen LogP contribution in [-0.2, 0) is 20.1 Å². The van der Waals surface area contributed by atoms with Crippen LogP contribution in [-0.4, -0.2) is 31.3 Å². The van der Waals surface area contributed by atoms with Gasteiger partial charge in [-0.1, -0.05) is 43.2 Å². The number of hydrogen-bond donors (Lipinski definition) is 0. The minimum atomic E-state index is -2.68. The van der Waals surface area contributed by atoms with Crippen molar-refractivity contribution in [3.63, 3.8) is 0 Å². The zero-order valence-corrected chi connectivity index (χ0v) is 36.6. The first kappa shape index (κ1) is 30.1. The van der Waals surface area contributed by atoms with E-state index in [2.05, 4.69) is 71.5 Å². The van der Waals surface area contributed by atoms with Gasteiger partial charge in [0.25, 0.3) is 0 Å². The molecule has 1 aliphatic heterocycles. The van der Waals surface area contributed by atoms with Gasteiger partial charge in [0.15, 0.2) is 0 Å². The minimum absolute atomic E-state index is 0. The fourth-order valence-electron chi connectivity index (χ4n) is 6.79. The van der Waals surface area contributed by atoms with E-state index in [1.807, 2.05) is 36.5 Å². The zero-order valence-electron chi connectivity index (χ0n) is 39.1. The fraction of sp³-hybridized carbons (Fsp3) is 0.255. The van der Waals surface area contributed by atoms with E-state index in [1.165, 1.54) is 23.5 Å². The predicted octanol–water partition coefficient (Wildman–Crippen LogP) is 12.3. The molecule has 8 rings (SSSR count). The van der Waals surface area contributed by atoms with Crippen molar-refractivity contribution in [3.8, 4) is 39.7 Å². The van der Waals surface area contributed by atoms with Crippen molar-refractivity contribution in [1.82, 2.24) is 9.97 Å². The summed E-state index contributed by atoms with van der Waals surface area (Å²) in [6.07, 6.45) is 4.46. The second-order valence-electron chi connectivity index (χ2n) is 15.5. The van der Waals surface area contributed by atoms with Gasteiger partial charge in [-0.2, -0.15) is 5.26 Å². The molecule has 54 heavy (non-hydrogen) atoms. The van der Waals surface area contributed by atoms with E-state index >= 15 is 0 Å². The van der Waals surface area contributed by atoms with Gasteiger partial charge in [-0.05, 0) is 23.0 Å². The number of nitriles is 1. The average Bonchev–Trinajstić information content (AvgIpc) is 3.59. The van der Waals surface area contributed by atoms with E-state index < -0.39 is 40.9 Å². The van der Waals surface area contributed by atoms with Crippen LogP contribution in [0.15, 0.2) is 108 Å². The van der Waals surface area contributed by atoms with Gasteiger partial charge in [-0.15, -0.1) is 48.0 Å². The van der Waals surface area contributed by atoms with E-state index in [-0.39, 0.29) is 48.4 Å². The summed E-state index contributed by atoms with van der Waals surface area (Å²) in [4.78, 5) is 8.98. The molecule has 0 bridgehead atoms. The molecule has 4 aromatic carbocycles. The van der Waals surface area contributed by atoms with Gasteiger partial charge in [0.1, 0.15) is 5.58 Å². The molecule has 1 fully saturated rings. The summed E-state index contributed by atoms with van der Waals surface area (Å²) < 4.78 is 74.6. The Hall–Kier alpha value is -4.12. The molecule has 0 atom stereocenters. The van der Waals surface area contributed by atoms with Crippen molar-refractivity contribution in [2.24, 2.45) is 0 Å². The predicted molar refractivity (Wildman–Crippen MR) is 226 cm³/mol. The summed E-state index contributed by atoms with van der Waals surface area (Å²) >= 11 is -1.94. The normalized spacial score (nSPS) is 17.4. The first-order chi connectivity index (χ1) is 28.6. The van der Waals surface area contributed by atoms with Crippen LogP contribution in [0.1, 0.15) is 52.0 Å². The maximum absolute atomic E-state index is 9.35. The van der Waals surface area contributed by atoms with Crippen LogP contribution in [0.3, 0.4) is 0 Å². The third-order valence-corrected chi connectivity index (χ3v) is 18.9. The number of rotatable bonds is 5. The molecule has 1 saturated heterocycles. The van der Waals surface area contributed by atoms with E-state index in [4.69, 9.17) is 14.0 Å². The first-order valence-corrected chi connectivity index (χ1v) is 28.6. The van der Waals surface area contributed by atoms with Crippen molar-refractivity contribution >= 4 is 48.5 Å². The van der Waals surface area contributed by atoms with E-state index in [0.29, 0.717) is 46.4 Å². The number of aromatic nitrogens is 2. The topological polar surface area (TPSA) is 62.7 Å². The van der Waals surface area contributed by atoms with Crippen LogP contribution < -0.4 is 5.19 Å². The Morgan fingerprint density at radius 2 is 1.67 bits per heavy atom. The number of pyridine rings is 2. The Morgan fingerprint density at radius 3 is 2.35 bits per heavy atom. The van der Waals surface area contributed by atoms with Crippen LogP contribution in [0.4, 0.5) is 0 Å². The summed E-state index contributed by atoms with van der Waals surface area (Å²) in [7, 11) is -1.23. The van der Waals surface area contributed by atoms with Crippen LogP contribution in [0.25, 0.3) is 55.6 Å². The van der Waals surface area contributed by atoms with Gasteiger partial charge >= 0.3 is 165 Å². The number of fused-ring (bicyclic) bond motifs is 3. The molecular weight excluding hydrogens is 915 g/mol. The van der Waals surface area contributed by atoms with Crippen molar-refractivity contribution in [2.45, 2.75) is 74.1 Å². The number of benzene rings is 4. The molecule has 0 amide bonds. The molecule has 1 radical (unpaired) electrons. The van der Waals surface area contributed by atoms with E-state index in [1.54, 1.807) is 30.3 Å². The molecule has 3 aromatic heterocycles. The largest absolute Gasteiger partial charge is 0 e. The maximum atomic E-state index is 9.35. The molecule has 4 heterocycles. The van der Waals surface area contributed by atoms with Crippen molar-refractivity contribution in [3.05, 3.63) is 138 Å². The van der Waals surface area contributed by atoms with Crippen molar-refractivity contribution in [2.75, 3.05) is 0 Å². The Balaban J connectivity index is 0.000000317. The summed E-state index contributed by atoms with van der Waals surface area (Å²) in [6, 6.07) is 33.7. The number of nitrogens with zero attached hydrogens (tertiary/aromatic N) is 3. The molecule has 0 spiro atoms. The van der Waals surface area contributed by atoms with Crippen LogP contribution in [0, 0.1) is 37.2 Å². The van der Waals surface area contributed by atoms with Gasteiger partial charge in [0.05, 0.1) is 19.7 Å². The molecule has 275 valence electrons. The van der Waals surface area contributed by atoms with Gasteiger partial charge in [0.2, 0.25) is 0 Å². The Bertz CT molecular complexity index is 2790. The quantitative estimate of drug-likeness (QED) is 0.127. The van der Waals surface area contributed by atoms with Crippen molar-refractivity contribution in [1.29, 1.82) is 5.26 Å².